The maximum Gasteiger partial charge on any atom is 0.305 e. The number of nitrogens with two attached hydrogens (primary N) is 1. The van der Waals surface area contributed by atoms with Gasteiger partial charge in [0.1, 0.15) is 5.75 Å². The van der Waals surface area contributed by atoms with E-state index in [0.717, 1.165) is 11.3 Å². The van der Waals surface area contributed by atoms with Crippen molar-refractivity contribution in [3.8, 4) is 5.75 Å². The van der Waals surface area contributed by atoms with Crippen molar-refractivity contribution < 1.29 is 14.3 Å². The fourth-order valence-electron chi connectivity index (χ4n) is 1.54. The molecule has 0 aliphatic rings. The number of hydrogen-bond donors (Lipinski definition) is 2. The van der Waals surface area contributed by atoms with E-state index < -0.39 is 20.3 Å². The molecule has 0 amide bonds. The molecule has 1 aromatic carbocycles. The summed E-state index contributed by atoms with van der Waals surface area (Å²) in [5, 5.41) is 8.89. The van der Waals surface area contributed by atoms with Crippen molar-refractivity contribution in [3.63, 3.8) is 0 Å². The molecule has 0 heterocycles. The SMILES string of the molecule is CC(C)(C)[Si](C)(C)Oc1ccc([C@H](N)CC(=O)O)cc1.Cl. The van der Waals surface area contributed by atoms with Crippen LogP contribution in [0.4, 0.5) is 0 Å². The number of halogens is 1. The zero-order chi connectivity index (χ0) is 15.6. The summed E-state index contributed by atoms with van der Waals surface area (Å²) in [6.45, 7) is 11.0. The van der Waals surface area contributed by atoms with Crippen LogP contribution in [-0.2, 0) is 4.79 Å². The number of carbonyl (C=O) groups is 1. The van der Waals surface area contributed by atoms with Crippen LogP contribution in [0.15, 0.2) is 24.3 Å². The standard InChI is InChI=1S/C15H25NO3Si.ClH/c1-15(2,3)20(4,5)19-12-8-6-11(7-9-12)13(16)10-14(17)18;/h6-9,13H,10,16H2,1-5H3,(H,17,18);1H/t13-;/m1./s1. The average molecular weight is 332 g/mol. The van der Waals surface area contributed by atoms with Crippen LogP contribution in [0.2, 0.25) is 18.1 Å². The van der Waals surface area contributed by atoms with Gasteiger partial charge in [-0.15, -0.1) is 12.4 Å². The Morgan fingerprint density at radius 2 is 1.76 bits per heavy atom. The van der Waals surface area contributed by atoms with Gasteiger partial charge in [0.2, 0.25) is 8.32 Å². The van der Waals surface area contributed by atoms with E-state index in [1.807, 2.05) is 24.3 Å². The molecule has 1 aromatic rings. The van der Waals surface area contributed by atoms with Crippen molar-refractivity contribution in [1.82, 2.24) is 0 Å². The van der Waals surface area contributed by atoms with Crippen molar-refractivity contribution in [1.29, 1.82) is 0 Å². The molecule has 0 spiro atoms. The molecule has 0 saturated heterocycles. The first-order valence-corrected chi connectivity index (χ1v) is 9.70. The smallest absolute Gasteiger partial charge is 0.305 e. The fraction of sp³-hybridized carbons (Fsp3) is 0.533. The second-order valence-electron chi connectivity index (χ2n) is 6.64. The van der Waals surface area contributed by atoms with Gasteiger partial charge in [0.05, 0.1) is 6.42 Å². The lowest BCUT2D eigenvalue weighted by Gasteiger charge is -2.36. The van der Waals surface area contributed by atoms with E-state index in [-0.39, 0.29) is 23.9 Å². The highest BCUT2D eigenvalue weighted by Gasteiger charge is 2.38. The van der Waals surface area contributed by atoms with Crippen LogP contribution >= 0.6 is 12.4 Å². The van der Waals surface area contributed by atoms with Crippen molar-refractivity contribution in [3.05, 3.63) is 29.8 Å². The zero-order valence-corrected chi connectivity index (χ0v) is 15.2. The predicted molar refractivity (Wildman–Crippen MR) is 90.7 cm³/mol. The van der Waals surface area contributed by atoms with Crippen LogP contribution in [0.1, 0.15) is 38.8 Å². The van der Waals surface area contributed by atoms with Crippen LogP contribution in [0.3, 0.4) is 0 Å². The third-order valence-electron chi connectivity index (χ3n) is 3.88. The Balaban J connectivity index is 0.00000400. The van der Waals surface area contributed by atoms with Crippen LogP contribution in [0.5, 0.6) is 5.75 Å². The summed E-state index contributed by atoms with van der Waals surface area (Å²) in [5.41, 5.74) is 6.64. The molecule has 0 saturated carbocycles. The Hall–Kier alpha value is -1.04. The molecule has 0 radical (unpaired) electrons. The average Bonchev–Trinajstić information content (AvgIpc) is 2.26. The number of carboxylic acids is 1. The van der Waals surface area contributed by atoms with Gasteiger partial charge in [-0.3, -0.25) is 4.79 Å². The molecule has 0 aromatic heterocycles. The minimum absolute atomic E-state index is 0. The van der Waals surface area contributed by atoms with Crippen molar-refractivity contribution in [2.75, 3.05) is 0 Å². The first kappa shape index (κ1) is 20.0. The molecule has 0 unspecified atom stereocenters. The van der Waals surface area contributed by atoms with E-state index in [1.54, 1.807) is 0 Å². The van der Waals surface area contributed by atoms with E-state index in [2.05, 4.69) is 33.9 Å². The van der Waals surface area contributed by atoms with E-state index in [4.69, 9.17) is 15.3 Å². The summed E-state index contributed by atoms with van der Waals surface area (Å²) in [7, 11) is -1.84. The molecule has 21 heavy (non-hydrogen) atoms. The van der Waals surface area contributed by atoms with E-state index in [9.17, 15) is 4.79 Å². The molecular formula is C15H26ClNO3Si. The highest BCUT2D eigenvalue weighted by Crippen LogP contribution is 2.37. The first-order valence-electron chi connectivity index (χ1n) is 6.79. The molecule has 120 valence electrons. The highest BCUT2D eigenvalue weighted by molar-refractivity contribution is 6.74. The maximum absolute atomic E-state index is 10.6. The number of hydrogen-bond acceptors (Lipinski definition) is 3. The van der Waals surface area contributed by atoms with Gasteiger partial charge in [-0.2, -0.15) is 0 Å². The Morgan fingerprint density at radius 1 is 1.29 bits per heavy atom. The molecule has 0 fully saturated rings. The van der Waals surface area contributed by atoms with Crippen molar-refractivity contribution in [2.45, 2.75) is 51.4 Å². The van der Waals surface area contributed by atoms with Gasteiger partial charge in [-0.25, -0.2) is 0 Å². The van der Waals surface area contributed by atoms with Gasteiger partial charge in [-0.05, 0) is 35.8 Å². The molecule has 0 bridgehead atoms. The summed E-state index contributed by atoms with van der Waals surface area (Å²) in [5.74, 6) is -0.0676. The lowest BCUT2D eigenvalue weighted by Crippen LogP contribution is -2.43. The third-order valence-corrected chi connectivity index (χ3v) is 8.24. The van der Waals surface area contributed by atoms with Crippen LogP contribution in [0, 0.1) is 0 Å². The lowest BCUT2D eigenvalue weighted by molar-refractivity contribution is -0.137. The molecule has 4 nitrogen and oxygen atoms in total. The van der Waals surface area contributed by atoms with Gasteiger partial charge < -0.3 is 15.3 Å². The number of aliphatic carboxylic acids is 1. The molecule has 3 N–H and O–H groups in total. The molecule has 6 heteroatoms. The van der Waals surface area contributed by atoms with Gasteiger partial charge in [0.25, 0.3) is 0 Å². The second-order valence-corrected chi connectivity index (χ2v) is 11.4. The normalized spacial score (nSPS) is 13.2. The molecule has 0 aliphatic carbocycles. The summed E-state index contributed by atoms with van der Waals surface area (Å²) in [6.07, 6.45) is -0.0670. The quantitative estimate of drug-likeness (QED) is 0.801. The van der Waals surface area contributed by atoms with Gasteiger partial charge in [0.15, 0.2) is 0 Å². The fourth-order valence-corrected chi connectivity index (χ4v) is 2.57. The van der Waals surface area contributed by atoms with Gasteiger partial charge >= 0.3 is 5.97 Å². The minimum atomic E-state index is -1.84. The molecule has 1 rings (SSSR count). The Kier molecular flexibility index (Phi) is 6.93. The summed E-state index contributed by atoms with van der Waals surface area (Å²) < 4.78 is 6.16. The first-order chi connectivity index (χ1) is 9.03. The van der Waals surface area contributed by atoms with Crippen LogP contribution in [-0.4, -0.2) is 19.4 Å². The van der Waals surface area contributed by atoms with Gasteiger partial charge in [0, 0.05) is 6.04 Å². The van der Waals surface area contributed by atoms with Crippen LogP contribution in [0.25, 0.3) is 0 Å². The van der Waals surface area contributed by atoms with Gasteiger partial charge in [-0.1, -0.05) is 32.9 Å². The minimum Gasteiger partial charge on any atom is -0.544 e. The monoisotopic (exact) mass is 331 g/mol. The highest BCUT2D eigenvalue weighted by atomic mass is 35.5. The van der Waals surface area contributed by atoms with E-state index in [0.29, 0.717) is 0 Å². The summed E-state index contributed by atoms with van der Waals surface area (Å²) in [6, 6.07) is 6.95. The molecule has 0 aliphatic heterocycles. The summed E-state index contributed by atoms with van der Waals surface area (Å²) >= 11 is 0. The molecule has 1 atom stereocenters. The number of carboxylic acid groups (broad SMARTS) is 1. The number of benzene rings is 1. The summed E-state index contributed by atoms with van der Waals surface area (Å²) in [4.78, 5) is 10.6. The lowest BCUT2D eigenvalue weighted by atomic mass is 10.1. The van der Waals surface area contributed by atoms with E-state index in [1.165, 1.54) is 0 Å². The largest absolute Gasteiger partial charge is 0.544 e. The number of rotatable bonds is 5. The maximum atomic E-state index is 10.6. The topological polar surface area (TPSA) is 72.5 Å². The van der Waals surface area contributed by atoms with Crippen LogP contribution < -0.4 is 10.2 Å². The second kappa shape index (κ2) is 7.29. The Bertz CT molecular complexity index is 469. The van der Waals surface area contributed by atoms with Crippen molar-refractivity contribution >= 4 is 26.7 Å². The third kappa shape index (κ3) is 5.69. The predicted octanol–water partition coefficient (Wildman–Crippen LogP) is 3.97. The van der Waals surface area contributed by atoms with E-state index >= 15 is 0 Å². The Morgan fingerprint density at radius 3 is 2.14 bits per heavy atom. The molecular weight excluding hydrogens is 306 g/mol. The zero-order valence-electron chi connectivity index (χ0n) is 13.3. The van der Waals surface area contributed by atoms with Crippen molar-refractivity contribution in [2.24, 2.45) is 5.73 Å². The Labute approximate surface area is 134 Å².